The Morgan fingerprint density at radius 1 is 0.915 bits per heavy atom. The first-order chi connectivity index (χ1) is 22.6. The summed E-state index contributed by atoms with van der Waals surface area (Å²) in [6.07, 6.45) is 18.8. The van der Waals surface area contributed by atoms with Gasteiger partial charge in [0.15, 0.2) is 8.32 Å². The molecule has 0 aromatic heterocycles. The minimum Gasteiger partial charge on any atom is -0.413 e. The molecule has 0 spiro atoms. The maximum Gasteiger partial charge on any atom is 0.229 e. The summed E-state index contributed by atoms with van der Waals surface area (Å²) in [6, 6.07) is 10.4. The zero-order valence-corrected chi connectivity index (χ0v) is 31.7. The number of hydrogen-bond acceptors (Lipinski definition) is 4. The van der Waals surface area contributed by atoms with Crippen molar-refractivity contribution in [1.82, 2.24) is 9.80 Å². The smallest absolute Gasteiger partial charge is 0.229 e. The molecule has 262 valence electrons. The molecule has 0 radical (unpaired) electrons. The van der Waals surface area contributed by atoms with Crippen LogP contribution >= 0.6 is 0 Å². The molecule has 2 aliphatic heterocycles. The van der Waals surface area contributed by atoms with E-state index in [0.717, 1.165) is 97.0 Å². The maximum atomic E-state index is 13.8. The summed E-state index contributed by atoms with van der Waals surface area (Å²) in [5.74, 6) is 0.369. The first-order valence-electron chi connectivity index (χ1n) is 18.5. The van der Waals surface area contributed by atoms with Gasteiger partial charge in [-0.2, -0.15) is 0 Å². The molecular formula is C41H66N2O3Si. The monoisotopic (exact) mass is 662 g/mol. The second-order valence-electron chi connectivity index (χ2n) is 15.2. The molecule has 5 nitrogen and oxygen atoms in total. The lowest BCUT2D eigenvalue weighted by molar-refractivity contribution is -0.134. The largest absolute Gasteiger partial charge is 0.413 e. The van der Waals surface area contributed by atoms with Gasteiger partial charge in [0.1, 0.15) is 0 Å². The van der Waals surface area contributed by atoms with Crippen LogP contribution in [0.15, 0.2) is 78.6 Å². The van der Waals surface area contributed by atoms with Gasteiger partial charge in [-0.1, -0.05) is 69.7 Å². The van der Waals surface area contributed by atoms with Crippen LogP contribution in [0.2, 0.25) is 18.1 Å². The minimum atomic E-state index is -1.91. The Morgan fingerprint density at radius 2 is 1.62 bits per heavy atom. The predicted molar refractivity (Wildman–Crippen MR) is 202 cm³/mol. The number of benzene rings is 1. The quantitative estimate of drug-likeness (QED) is 0.0704. The minimum absolute atomic E-state index is 0.0565. The Balaban J connectivity index is 1.73. The van der Waals surface area contributed by atoms with E-state index in [-0.39, 0.29) is 11.0 Å². The molecular weight excluding hydrogens is 597 g/mol. The summed E-state index contributed by atoms with van der Waals surface area (Å²) in [5, 5.41) is 0.170. The van der Waals surface area contributed by atoms with Gasteiger partial charge in [-0.05, 0) is 118 Å². The SMILES string of the molecule is C=CCCCCC1CC(C2=C(CO[Si](C)(C)C(C)(C)C)CN(CCCCC=C)CC2)=CN(CCCCCOCc2ccccc2)C1=O. The standard InChI is InChI=1S/C41H66N2O3Si/c1-8-10-12-18-24-36-30-37(32-43(40(36)44)27-20-15-21-29-45-33-35-22-16-14-17-23-35)39-25-28-42(26-19-13-11-9-2)31-38(39)34-46-47(6,7)41(3,4)5/h8-9,14,16-17,22-23,32,36H,1-2,10-13,15,18-21,24-31,33-34H2,3-7H3. The lowest BCUT2D eigenvalue weighted by Gasteiger charge is -2.39. The molecule has 3 rings (SSSR count). The molecule has 0 aliphatic carbocycles. The average molecular weight is 663 g/mol. The Kier molecular flexibility index (Phi) is 16.9. The van der Waals surface area contributed by atoms with Crippen LogP contribution in [0.25, 0.3) is 0 Å². The van der Waals surface area contributed by atoms with Crippen molar-refractivity contribution in [2.24, 2.45) is 5.92 Å². The van der Waals surface area contributed by atoms with Gasteiger partial charge >= 0.3 is 0 Å². The van der Waals surface area contributed by atoms with Crippen LogP contribution in [0.5, 0.6) is 0 Å². The molecule has 1 aromatic rings. The van der Waals surface area contributed by atoms with Crippen LogP contribution in [0, 0.1) is 5.92 Å². The molecule has 0 saturated carbocycles. The molecule has 0 N–H and O–H groups in total. The summed E-state index contributed by atoms with van der Waals surface area (Å²) in [7, 11) is -1.91. The highest BCUT2D eigenvalue weighted by Crippen LogP contribution is 2.39. The topological polar surface area (TPSA) is 42.0 Å². The Hall–Kier alpha value is -2.25. The molecule has 1 aromatic carbocycles. The predicted octanol–water partition coefficient (Wildman–Crippen LogP) is 10.2. The van der Waals surface area contributed by atoms with E-state index in [1.165, 1.54) is 35.1 Å². The Morgan fingerprint density at radius 3 is 2.32 bits per heavy atom. The fourth-order valence-corrected chi connectivity index (χ4v) is 7.28. The second kappa shape index (κ2) is 20.3. The highest BCUT2D eigenvalue weighted by molar-refractivity contribution is 6.74. The summed E-state index contributed by atoms with van der Waals surface area (Å²) < 4.78 is 12.8. The molecule has 1 atom stereocenters. The van der Waals surface area contributed by atoms with Crippen molar-refractivity contribution in [3.8, 4) is 0 Å². The number of rotatable bonds is 22. The fraction of sp³-hybridized carbons (Fsp3) is 0.634. The number of unbranched alkanes of at least 4 members (excludes halogenated alkanes) is 6. The number of allylic oxidation sites excluding steroid dienone is 3. The third-order valence-corrected chi connectivity index (χ3v) is 14.9. The van der Waals surface area contributed by atoms with Gasteiger partial charge in [0.25, 0.3) is 0 Å². The van der Waals surface area contributed by atoms with E-state index in [2.05, 4.69) is 87.3 Å². The first-order valence-corrected chi connectivity index (χ1v) is 21.4. The van der Waals surface area contributed by atoms with Crippen molar-refractivity contribution in [2.45, 2.75) is 123 Å². The average Bonchev–Trinajstić information content (AvgIpc) is 3.05. The molecule has 2 heterocycles. The van der Waals surface area contributed by atoms with Gasteiger partial charge in [0, 0.05) is 38.4 Å². The molecule has 0 fully saturated rings. The van der Waals surface area contributed by atoms with Gasteiger partial charge in [-0.25, -0.2) is 0 Å². The van der Waals surface area contributed by atoms with Crippen molar-refractivity contribution >= 4 is 14.2 Å². The normalized spacial score (nSPS) is 18.1. The van der Waals surface area contributed by atoms with E-state index in [4.69, 9.17) is 9.16 Å². The number of nitrogens with zero attached hydrogens (tertiary/aromatic N) is 2. The van der Waals surface area contributed by atoms with E-state index in [0.29, 0.717) is 19.1 Å². The van der Waals surface area contributed by atoms with Gasteiger partial charge < -0.3 is 14.1 Å². The third-order valence-electron chi connectivity index (χ3n) is 10.4. The van der Waals surface area contributed by atoms with E-state index in [1.807, 2.05) is 18.2 Å². The van der Waals surface area contributed by atoms with E-state index >= 15 is 0 Å². The molecule has 0 bridgehead atoms. The zero-order chi connectivity index (χ0) is 34.1. The van der Waals surface area contributed by atoms with Crippen LogP contribution < -0.4 is 0 Å². The van der Waals surface area contributed by atoms with Gasteiger partial charge in [-0.15, -0.1) is 13.2 Å². The molecule has 6 heteroatoms. The number of ether oxygens (including phenoxy) is 1. The van der Waals surface area contributed by atoms with Gasteiger partial charge in [0.05, 0.1) is 13.2 Å². The first kappa shape index (κ1) is 39.2. The second-order valence-corrected chi connectivity index (χ2v) is 20.0. The Labute approximate surface area is 289 Å². The zero-order valence-electron chi connectivity index (χ0n) is 30.7. The van der Waals surface area contributed by atoms with Crippen molar-refractivity contribution in [2.75, 3.05) is 39.4 Å². The number of carbonyl (C=O) groups excluding carboxylic acids is 1. The summed E-state index contributed by atoms with van der Waals surface area (Å²) in [5.41, 5.74) is 5.50. The van der Waals surface area contributed by atoms with E-state index in [1.54, 1.807) is 0 Å². The van der Waals surface area contributed by atoms with Crippen molar-refractivity contribution in [3.05, 3.63) is 84.1 Å². The lowest BCUT2D eigenvalue weighted by Crippen LogP contribution is -2.43. The highest BCUT2D eigenvalue weighted by atomic mass is 28.4. The number of amides is 1. The van der Waals surface area contributed by atoms with E-state index < -0.39 is 8.32 Å². The van der Waals surface area contributed by atoms with Crippen LogP contribution in [0.1, 0.15) is 103 Å². The molecule has 47 heavy (non-hydrogen) atoms. The van der Waals surface area contributed by atoms with Crippen LogP contribution in [-0.2, 0) is 20.6 Å². The van der Waals surface area contributed by atoms with Crippen molar-refractivity contribution in [3.63, 3.8) is 0 Å². The van der Waals surface area contributed by atoms with Crippen LogP contribution in [0.3, 0.4) is 0 Å². The number of hydrogen-bond donors (Lipinski definition) is 0. The Bertz CT molecular complexity index is 1170. The summed E-state index contributed by atoms with van der Waals surface area (Å²) in [4.78, 5) is 18.5. The molecule has 0 saturated heterocycles. The fourth-order valence-electron chi connectivity index (χ4n) is 6.31. The highest BCUT2D eigenvalue weighted by Gasteiger charge is 2.38. The van der Waals surface area contributed by atoms with Gasteiger partial charge in [-0.3, -0.25) is 9.69 Å². The van der Waals surface area contributed by atoms with Crippen LogP contribution in [-0.4, -0.2) is 63.4 Å². The van der Waals surface area contributed by atoms with E-state index in [9.17, 15) is 4.79 Å². The molecule has 1 amide bonds. The molecule has 1 unspecified atom stereocenters. The maximum absolute atomic E-state index is 13.8. The lowest BCUT2D eigenvalue weighted by atomic mass is 9.83. The molecule has 2 aliphatic rings. The summed E-state index contributed by atoms with van der Waals surface area (Å²) >= 11 is 0. The number of carbonyl (C=O) groups is 1. The van der Waals surface area contributed by atoms with Crippen LogP contribution in [0.4, 0.5) is 0 Å². The summed E-state index contributed by atoms with van der Waals surface area (Å²) in [6.45, 7) is 25.5. The third kappa shape index (κ3) is 13.3. The van der Waals surface area contributed by atoms with Crippen molar-refractivity contribution in [1.29, 1.82) is 0 Å². The van der Waals surface area contributed by atoms with Crippen molar-refractivity contribution < 1.29 is 14.0 Å². The van der Waals surface area contributed by atoms with Gasteiger partial charge in [0.2, 0.25) is 5.91 Å².